The number of likely N-dealkylation sites (N-methyl/N-ethyl adjacent to an activating group) is 1. The van der Waals surface area contributed by atoms with Gasteiger partial charge in [0.15, 0.2) is 0 Å². The van der Waals surface area contributed by atoms with Gasteiger partial charge in [-0.05, 0) is 48.7 Å². The van der Waals surface area contributed by atoms with E-state index in [1.54, 1.807) is 18.2 Å². The summed E-state index contributed by atoms with van der Waals surface area (Å²) in [5.74, 6) is -0.505. The molecule has 2 amide bonds. The average molecular weight is 416 g/mol. The van der Waals surface area contributed by atoms with E-state index >= 15 is 0 Å². The molecule has 4 rings (SSSR count). The van der Waals surface area contributed by atoms with Crippen molar-refractivity contribution in [1.29, 1.82) is 0 Å². The number of anilines is 1. The number of halogens is 1. The fourth-order valence-corrected chi connectivity index (χ4v) is 4.82. The maximum absolute atomic E-state index is 13.5. The van der Waals surface area contributed by atoms with E-state index in [2.05, 4.69) is 16.7 Å². The summed E-state index contributed by atoms with van der Waals surface area (Å²) in [4.78, 5) is 33.5. The molecule has 1 saturated heterocycles. The van der Waals surface area contributed by atoms with E-state index < -0.39 is 0 Å². The van der Waals surface area contributed by atoms with Crippen LogP contribution in [0.2, 0.25) is 5.02 Å². The topological polar surface area (TPSA) is 43.9 Å². The zero-order chi connectivity index (χ0) is 19.8. The first-order chi connectivity index (χ1) is 13.5. The number of hydrogen-bond donors (Lipinski definition) is 0. The maximum atomic E-state index is 13.5. The molecule has 0 N–H and O–H groups in total. The van der Waals surface area contributed by atoms with Crippen LogP contribution in [0.3, 0.4) is 0 Å². The molecule has 7 heteroatoms. The second kappa shape index (κ2) is 7.70. The van der Waals surface area contributed by atoms with Gasteiger partial charge in [0.25, 0.3) is 11.8 Å². The highest BCUT2D eigenvalue weighted by atomic mass is 35.5. The number of nitrogens with zero attached hydrogens (tertiary/aromatic N) is 3. The van der Waals surface area contributed by atoms with Gasteiger partial charge in [0.2, 0.25) is 0 Å². The highest BCUT2D eigenvalue weighted by Gasteiger charge is 2.43. The molecular weight excluding hydrogens is 394 g/mol. The number of benzene rings is 1. The molecule has 5 nitrogen and oxygen atoms in total. The van der Waals surface area contributed by atoms with Crippen LogP contribution in [0.1, 0.15) is 17.4 Å². The monoisotopic (exact) mass is 415 g/mol. The van der Waals surface area contributed by atoms with Crippen LogP contribution in [0.5, 0.6) is 0 Å². The molecule has 1 aromatic carbocycles. The van der Waals surface area contributed by atoms with E-state index in [0.717, 1.165) is 43.2 Å². The van der Waals surface area contributed by atoms with Crippen LogP contribution in [0.4, 0.5) is 5.69 Å². The van der Waals surface area contributed by atoms with Gasteiger partial charge in [0, 0.05) is 36.1 Å². The van der Waals surface area contributed by atoms with E-state index in [1.807, 2.05) is 24.4 Å². The fourth-order valence-electron chi connectivity index (χ4n) is 3.83. The van der Waals surface area contributed by atoms with Crippen LogP contribution in [0, 0.1) is 6.92 Å². The molecule has 1 fully saturated rings. The Morgan fingerprint density at radius 3 is 2.43 bits per heavy atom. The van der Waals surface area contributed by atoms with E-state index in [4.69, 9.17) is 11.6 Å². The van der Waals surface area contributed by atoms with Gasteiger partial charge < -0.3 is 9.80 Å². The molecule has 28 heavy (non-hydrogen) atoms. The minimum absolute atomic E-state index is 0.247. The van der Waals surface area contributed by atoms with Crippen LogP contribution in [0.25, 0.3) is 5.57 Å². The molecule has 2 aliphatic heterocycles. The zero-order valence-corrected chi connectivity index (χ0v) is 17.5. The Labute approximate surface area is 173 Å². The number of rotatable bonds is 4. The van der Waals surface area contributed by atoms with E-state index in [-0.39, 0.29) is 11.8 Å². The summed E-state index contributed by atoms with van der Waals surface area (Å²) in [5.41, 5.74) is 2.43. The number of imide groups is 1. The van der Waals surface area contributed by atoms with Gasteiger partial charge in [-0.2, -0.15) is 0 Å². The minimum Gasteiger partial charge on any atom is -0.364 e. The molecule has 2 aliphatic rings. The lowest BCUT2D eigenvalue weighted by molar-refractivity contribution is -0.120. The maximum Gasteiger partial charge on any atom is 0.282 e. The fraction of sp³-hybridized carbons (Fsp3) is 0.333. The zero-order valence-electron chi connectivity index (χ0n) is 15.9. The molecule has 0 bridgehead atoms. The van der Waals surface area contributed by atoms with Crippen molar-refractivity contribution in [3.63, 3.8) is 0 Å². The van der Waals surface area contributed by atoms with Crippen LogP contribution in [-0.4, -0.2) is 54.3 Å². The molecule has 0 saturated carbocycles. The van der Waals surface area contributed by atoms with Gasteiger partial charge in [-0.3, -0.25) is 9.59 Å². The predicted molar refractivity (Wildman–Crippen MR) is 114 cm³/mol. The van der Waals surface area contributed by atoms with Gasteiger partial charge in [-0.15, -0.1) is 11.3 Å². The number of carbonyl (C=O) groups is 2. The Bertz CT molecular complexity index is 947. The number of carbonyl (C=O) groups excluding carboxylic acids is 2. The molecule has 3 heterocycles. The highest BCUT2D eigenvalue weighted by Crippen LogP contribution is 2.38. The standard InChI is InChI=1S/C21H22ClN3O2S/c1-3-23-8-10-24(11-9-23)19-18(17-5-4-12-28-17)20(26)25(21(19)27)16-7-6-15(22)13-14(16)2/h4-7,12-13H,3,8-11H2,1-2H3. The Kier molecular flexibility index (Phi) is 5.27. The van der Waals surface area contributed by atoms with Crippen molar-refractivity contribution in [2.24, 2.45) is 0 Å². The third-order valence-electron chi connectivity index (χ3n) is 5.36. The van der Waals surface area contributed by atoms with Crippen molar-refractivity contribution in [2.45, 2.75) is 13.8 Å². The smallest absolute Gasteiger partial charge is 0.282 e. The molecule has 0 aliphatic carbocycles. The minimum atomic E-state index is -0.259. The molecule has 2 aromatic rings. The Hall–Kier alpha value is -2.15. The first-order valence-electron chi connectivity index (χ1n) is 9.41. The molecular formula is C21H22ClN3O2S. The van der Waals surface area contributed by atoms with Crippen molar-refractivity contribution in [1.82, 2.24) is 9.80 Å². The average Bonchev–Trinajstić information content (AvgIpc) is 3.29. The lowest BCUT2D eigenvalue weighted by Crippen LogP contribution is -2.47. The summed E-state index contributed by atoms with van der Waals surface area (Å²) >= 11 is 7.56. The number of hydrogen-bond acceptors (Lipinski definition) is 5. The summed E-state index contributed by atoms with van der Waals surface area (Å²) in [5, 5.41) is 2.52. The van der Waals surface area contributed by atoms with Gasteiger partial charge in [-0.1, -0.05) is 24.6 Å². The Morgan fingerprint density at radius 1 is 1.07 bits per heavy atom. The molecule has 0 atom stereocenters. The van der Waals surface area contributed by atoms with Crippen LogP contribution >= 0.6 is 22.9 Å². The van der Waals surface area contributed by atoms with Crippen LogP contribution in [0.15, 0.2) is 41.4 Å². The van der Waals surface area contributed by atoms with Crippen molar-refractivity contribution in [3.05, 3.63) is 56.9 Å². The summed E-state index contributed by atoms with van der Waals surface area (Å²) in [7, 11) is 0. The van der Waals surface area contributed by atoms with E-state index in [0.29, 0.717) is 22.0 Å². The lowest BCUT2D eigenvalue weighted by Gasteiger charge is -2.35. The molecule has 146 valence electrons. The number of amides is 2. The SMILES string of the molecule is CCN1CCN(C2=C(c3cccs3)C(=O)N(c3ccc(Cl)cc3C)C2=O)CC1. The normalized spacial score (nSPS) is 18.5. The third-order valence-corrected chi connectivity index (χ3v) is 6.48. The second-order valence-electron chi connectivity index (χ2n) is 7.00. The molecule has 0 spiro atoms. The summed E-state index contributed by atoms with van der Waals surface area (Å²) < 4.78 is 0. The predicted octanol–water partition coefficient (Wildman–Crippen LogP) is 3.63. The van der Waals surface area contributed by atoms with Crippen molar-refractivity contribution >= 4 is 46.0 Å². The Balaban J connectivity index is 1.76. The van der Waals surface area contributed by atoms with Crippen molar-refractivity contribution in [3.8, 4) is 0 Å². The third kappa shape index (κ3) is 3.26. The number of thiophene rings is 1. The quantitative estimate of drug-likeness (QED) is 0.715. The van der Waals surface area contributed by atoms with E-state index in [9.17, 15) is 9.59 Å². The van der Waals surface area contributed by atoms with Crippen molar-refractivity contribution < 1.29 is 9.59 Å². The second-order valence-corrected chi connectivity index (χ2v) is 8.38. The summed E-state index contributed by atoms with van der Waals surface area (Å²) in [6, 6.07) is 9.06. The number of piperazine rings is 1. The van der Waals surface area contributed by atoms with Gasteiger partial charge in [-0.25, -0.2) is 4.90 Å². The first kappa shape index (κ1) is 19.2. The molecule has 0 unspecified atom stereocenters. The molecule has 1 aromatic heterocycles. The first-order valence-corrected chi connectivity index (χ1v) is 10.7. The highest BCUT2D eigenvalue weighted by molar-refractivity contribution is 7.11. The van der Waals surface area contributed by atoms with Gasteiger partial charge >= 0.3 is 0 Å². The summed E-state index contributed by atoms with van der Waals surface area (Å²) in [6.07, 6.45) is 0. The molecule has 0 radical (unpaired) electrons. The summed E-state index contributed by atoms with van der Waals surface area (Å²) in [6.45, 7) is 8.26. The van der Waals surface area contributed by atoms with Gasteiger partial charge in [0.05, 0.1) is 11.3 Å². The van der Waals surface area contributed by atoms with Crippen molar-refractivity contribution in [2.75, 3.05) is 37.6 Å². The van der Waals surface area contributed by atoms with E-state index in [1.165, 1.54) is 16.2 Å². The Morgan fingerprint density at radius 2 is 1.82 bits per heavy atom. The van der Waals surface area contributed by atoms with Crippen LogP contribution < -0.4 is 4.90 Å². The lowest BCUT2D eigenvalue weighted by atomic mass is 10.1. The van der Waals surface area contributed by atoms with Crippen LogP contribution in [-0.2, 0) is 9.59 Å². The largest absolute Gasteiger partial charge is 0.364 e. The number of aryl methyl sites for hydroxylation is 1. The van der Waals surface area contributed by atoms with Gasteiger partial charge in [0.1, 0.15) is 5.70 Å².